The largest absolute Gasteiger partial charge is 0.248 e. The minimum Gasteiger partial charge on any atom is -0.248 e. The Labute approximate surface area is 156 Å². The minimum atomic E-state index is -3.56. The number of hydrogen-bond acceptors (Lipinski definition) is 3. The molecule has 2 aliphatic rings. The van der Waals surface area contributed by atoms with Gasteiger partial charge in [-0.2, -0.15) is 0 Å². The molecule has 3 nitrogen and oxygen atoms in total. The first-order valence-corrected chi connectivity index (χ1v) is 10.2. The van der Waals surface area contributed by atoms with E-state index in [4.69, 9.17) is 4.98 Å². The summed E-state index contributed by atoms with van der Waals surface area (Å²) < 4.78 is 26.5. The van der Waals surface area contributed by atoms with E-state index in [2.05, 4.69) is 18.2 Å². The van der Waals surface area contributed by atoms with Gasteiger partial charge in [0, 0.05) is 22.1 Å². The molecule has 4 heteroatoms. The number of sulfone groups is 1. The predicted octanol–water partition coefficient (Wildman–Crippen LogP) is 5.20. The summed E-state index contributed by atoms with van der Waals surface area (Å²) in [5.74, 6) is 0. The number of benzene rings is 3. The van der Waals surface area contributed by atoms with Gasteiger partial charge in [0.1, 0.15) is 0 Å². The monoisotopic (exact) mass is 367 g/mol. The van der Waals surface area contributed by atoms with Crippen LogP contribution in [0.25, 0.3) is 45.4 Å². The average molecular weight is 367 g/mol. The lowest BCUT2D eigenvalue weighted by Crippen LogP contribution is -2.00. The SMILES string of the molecule is O=S1(=O)c2ccccc2-c2cccc(-c3cc4c5c(cccc5n3)C=C4)c21. The molecular weight excluding hydrogens is 354 g/mol. The Bertz CT molecular complexity index is 1430. The van der Waals surface area contributed by atoms with Crippen molar-refractivity contribution in [3.63, 3.8) is 0 Å². The van der Waals surface area contributed by atoms with E-state index in [0.717, 1.165) is 33.2 Å². The van der Waals surface area contributed by atoms with Gasteiger partial charge in [0.05, 0.1) is 21.0 Å². The van der Waals surface area contributed by atoms with Gasteiger partial charge in [-0.25, -0.2) is 13.4 Å². The Morgan fingerprint density at radius 1 is 0.704 bits per heavy atom. The van der Waals surface area contributed by atoms with Crippen LogP contribution in [0.1, 0.15) is 11.1 Å². The third kappa shape index (κ3) is 1.85. The van der Waals surface area contributed by atoms with Crippen molar-refractivity contribution in [2.45, 2.75) is 9.79 Å². The van der Waals surface area contributed by atoms with Gasteiger partial charge >= 0.3 is 0 Å². The highest BCUT2D eigenvalue weighted by Crippen LogP contribution is 2.47. The van der Waals surface area contributed by atoms with Crippen LogP contribution >= 0.6 is 0 Å². The maximum absolute atomic E-state index is 13.3. The number of aromatic nitrogens is 1. The van der Waals surface area contributed by atoms with Gasteiger partial charge in [0.15, 0.2) is 0 Å². The smallest absolute Gasteiger partial charge is 0.208 e. The fourth-order valence-electron chi connectivity index (χ4n) is 4.21. The van der Waals surface area contributed by atoms with Crippen LogP contribution in [0.2, 0.25) is 0 Å². The standard InChI is InChI=1S/C23H13NO2S/c25-27(26)21-10-2-1-6-16(21)17-7-4-8-18(23(17)27)20-13-15-12-11-14-5-3-9-19(24-20)22(14)15/h1-13H. The molecule has 0 unspecified atom stereocenters. The van der Waals surface area contributed by atoms with Crippen molar-refractivity contribution < 1.29 is 8.42 Å². The third-order valence-electron chi connectivity index (χ3n) is 5.37. The molecule has 0 bridgehead atoms. The Morgan fingerprint density at radius 3 is 2.37 bits per heavy atom. The summed E-state index contributed by atoms with van der Waals surface area (Å²) in [6, 6.07) is 20.8. The van der Waals surface area contributed by atoms with Crippen molar-refractivity contribution >= 4 is 32.9 Å². The molecule has 4 aromatic rings. The van der Waals surface area contributed by atoms with Crippen LogP contribution in [0, 0.1) is 0 Å². The van der Waals surface area contributed by atoms with Crippen molar-refractivity contribution in [1.29, 1.82) is 0 Å². The fourth-order valence-corrected chi connectivity index (χ4v) is 6.08. The Balaban J connectivity index is 1.70. The minimum absolute atomic E-state index is 0.364. The summed E-state index contributed by atoms with van der Waals surface area (Å²) in [6.07, 6.45) is 4.14. The molecule has 0 radical (unpaired) electrons. The summed E-state index contributed by atoms with van der Waals surface area (Å²) in [5, 5.41) is 1.12. The molecule has 1 aliphatic carbocycles. The average Bonchev–Trinajstić information content (AvgIpc) is 3.21. The van der Waals surface area contributed by atoms with Crippen LogP contribution in [-0.2, 0) is 9.84 Å². The summed E-state index contributed by atoms with van der Waals surface area (Å²) in [6.45, 7) is 0. The van der Waals surface area contributed by atoms with E-state index in [1.807, 2.05) is 48.5 Å². The molecule has 6 rings (SSSR count). The van der Waals surface area contributed by atoms with Gasteiger partial charge in [-0.1, -0.05) is 60.7 Å². The normalized spacial score (nSPS) is 15.1. The van der Waals surface area contributed by atoms with E-state index < -0.39 is 9.84 Å². The first kappa shape index (κ1) is 14.9. The lowest BCUT2D eigenvalue weighted by atomic mass is 10.00. The molecule has 0 saturated heterocycles. The van der Waals surface area contributed by atoms with Gasteiger partial charge in [-0.05, 0) is 29.3 Å². The molecule has 27 heavy (non-hydrogen) atoms. The highest BCUT2D eigenvalue weighted by atomic mass is 32.2. The van der Waals surface area contributed by atoms with E-state index in [0.29, 0.717) is 21.0 Å². The molecule has 0 saturated carbocycles. The van der Waals surface area contributed by atoms with Crippen LogP contribution < -0.4 is 0 Å². The van der Waals surface area contributed by atoms with Crippen LogP contribution in [0.5, 0.6) is 0 Å². The molecule has 1 aliphatic heterocycles. The zero-order valence-electron chi connectivity index (χ0n) is 14.2. The molecule has 0 spiro atoms. The predicted molar refractivity (Wildman–Crippen MR) is 107 cm³/mol. The molecule has 0 amide bonds. The number of fused-ring (bicyclic) bond motifs is 3. The third-order valence-corrected chi connectivity index (χ3v) is 7.28. The van der Waals surface area contributed by atoms with Gasteiger partial charge < -0.3 is 0 Å². The van der Waals surface area contributed by atoms with E-state index in [1.54, 1.807) is 12.1 Å². The summed E-state index contributed by atoms with van der Waals surface area (Å²) >= 11 is 0. The summed E-state index contributed by atoms with van der Waals surface area (Å²) in [4.78, 5) is 5.55. The second-order valence-electron chi connectivity index (χ2n) is 6.85. The number of hydrogen-bond donors (Lipinski definition) is 0. The van der Waals surface area contributed by atoms with Crippen molar-refractivity contribution in [1.82, 2.24) is 4.98 Å². The molecule has 0 atom stereocenters. The lowest BCUT2D eigenvalue weighted by Gasteiger charge is -2.10. The van der Waals surface area contributed by atoms with E-state index in [9.17, 15) is 8.42 Å². The molecule has 1 aromatic heterocycles. The second kappa shape index (κ2) is 4.93. The fraction of sp³-hybridized carbons (Fsp3) is 0. The number of pyridine rings is 1. The van der Waals surface area contributed by atoms with Crippen LogP contribution in [0.3, 0.4) is 0 Å². The van der Waals surface area contributed by atoms with Crippen LogP contribution in [-0.4, -0.2) is 13.4 Å². The number of nitrogens with zero attached hydrogens (tertiary/aromatic N) is 1. The van der Waals surface area contributed by atoms with Crippen molar-refractivity contribution in [2.75, 3.05) is 0 Å². The van der Waals surface area contributed by atoms with E-state index >= 15 is 0 Å². The number of rotatable bonds is 1. The van der Waals surface area contributed by atoms with Crippen LogP contribution in [0.4, 0.5) is 0 Å². The zero-order chi connectivity index (χ0) is 18.2. The molecule has 3 aromatic carbocycles. The van der Waals surface area contributed by atoms with E-state index in [-0.39, 0.29) is 0 Å². The van der Waals surface area contributed by atoms with Gasteiger partial charge in [-0.3, -0.25) is 0 Å². The molecule has 2 heterocycles. The topological polar surface area (TPSA) is 47.0 Å². The first-order chi connectivity index (χ1) is 13.1. The maximum atomic E-state index is 13.3. The van der Waals surface area contributed by atoms with Crippen molar-refractivity contribution in [2.24, 2.45) is 0 Å². The zero-order valence-corrected chi connectivity index (χ0v) is 15.0. The van der Waals surface area contributed by atoms with Crippen molar-refractivity contribution in [3.05, 3.63) is 77.9 Å². The maximum Gasteiger partial charge on any atom is 0.208 e. The Kier molecular flexibility index (Phi) is 2.72. The molecule has 128 valence electrons. The van der Waals surface area contributed by atoms with Gasteiger partial charge in [0.25, 0.3) is 0 Å². The highest BCUT2D eigenvalue weighted by molar-refractivity contribution is 7.92. The highest BCUT2D eigenvalue weighted by Gasteiger charge is 2.35. The molecule has 0 N–H and O–H groups in total. The Hall–Kier alpha value is -3.24. The van der Waals surface area contributed by atoms with Crippen molar-refractivity contribution in [3.8, 4) is 22.4 Å². The first-order valence-electron chi connectivity index (χ1n) is 8.74. The quantitative estimate of drug-likeness (QED) is 0.401. The lowest BCUT2D eigenvalue weighted by molar-refractivity contribution is 0.599. The molecular formula is C23H13NO2S. The van der Waals surface area contributed by atoms with Gasteiger partial charge in [-0.15, -0.1) is 0 Å². The summed E-state index contributed by atoms with van der Waals surface area (Å²) in [5.41, 5.74) is 5.99. The second-order valence-corrected chi connectivity index (χ2v) is 8.71. The molecule has 0 fully saturated rings. The van der Waals surface area contributed by atoms with Gasteiger partial charge in [0.2, 0.25) is 9.84 Å². The summed E-state index contributed by atoms with van der Waals surface area (Å²) in [7, 11) is -3.56. The Morgan fingerprint density at radius 2 is 1.44 bits per heavy atom. The van der Waals surface area contributed by atoms with Crippen LogP contribution in [0.15, 0.2) is 76.5 Å². The van der Waals surface area contributed by atoms with E-state index in [1.165, 1.54) is 0 Å².